The number of carbonyl (C=O) groups is 2. The fourth-order valence-electron chi connectivity index (χ4n) is 5.75. The third kappa shape index (κ3) is 7.76. The van der Waals surface area contributed by atoms with Crippen molar-refractivity contribution in [2.24, 2.45) is 0 Å². The van der Waals surface area contributed by atoms with Crippen LogP contribution < -0.4 is 10.6 Å². The number of nitrogens with zero attached hydrogens (tertiary/aromatic N) is 6. The van der Waals surface area contributed by atoms with Gasteiger partial charge in [-0.2, -0.15) is 5.10 Å². The Morgan fingerprint density at radius 2 is 1.21 bits per heavy atom. The molecule has 0 saturated carbocycles. The number of morpholine rings is 2. The van der Waals surface area contributed by atoms with Crippen molar-refractivity contribution in [3.05, 3.63) is 80.5 Å². The summed E-state index contributed by atoms with van der Waals surface area (Å²) in [5, 5.41) is 16.9. The minimum Gasteiger partial charge on any atom is -0.379 e. The summed E-state index contributed by atoms with van der Waals surface area (Å²) in [5.41, 5.74) is 1.96. The van der Waals surface area contributed by atoms with Gasteiger partial charge in [0.05, 0.1) is 47.8 Å². The maximum Gasteiger partial charge on any atom is 0.245 e. The molecular weight excluding hydrogens is 690 g/mol. The lowest BCUT2D eigenvalue weighted by Gasteiger charge is -2.42. The smallest absolute Gasteiger partial charge is 0.245 e. The van der Waals surface area contributed by atoms with Gasteiger partial charge in [-0.15, -0.1) is 5.10 Å². The van der Waals surface area contributed by atoms with Crippen LogP contribution in [0.3, 0.4) is 0 Å². The van der Waals surface area contributed by atoms with Crippen molar-refractivity contribution >= 4 is 69.9 Å². The number of hydrogen-bond donors (Lipinski definition) is 2. The van der Waals surface area contributed by atoms with E-state index >= 15 is 0 Å². The molecule has 6 rings (SSSR count). The van der Waals surface area contributed by atoms with Crippen LogP contribution in [-0.2, 0) is 19.1 Å². The van der Waals surface area contributed by atoms with Crippen LogP contribution in [0, 0.1) is 6.92 Å². The van der Waals surface area contributed by atoms with E-state index in [1.807, 2.05) is 16.7 Å². The lowest BCUT2D eigenvalue weighted by atomic mass is 10.0. The number of benzene rings is 2. The maximum absolute atomic E-state index is 14.3. The molecule has 0 bridgehead atoms. The highest BCUT2D eigenvalue weighted by Crippen LogP contribution is 2.28. The van der Waals surface area contributed by atoms with E-state index in [9.17, 15) is 9.59 Å². The molecule has 2 saturated heterocycles. The molecule has 2 N–H and O–H groups in total. The van der Waals surface area contributed by atoms with Crippen LogP contribution in [0.1, 0.15) is 5.69 Å². The average Bonchev–Trinajstić information content (AvgIpc) is 3.66. The van der Waals surface area contributed by atoms with Crippen LogP contribution in [0.4, 0.5) is 11.6 Å². The summed E-state index contributed by atoms with van der Waals surface area (Å²) in [5.74, 6) is -0.157. The first-order chi connectivity index (χ1) is 22.7. The summed E-state index contributed by atoms with van der Waals surface area (Å²) >= 11 is 25.0. The fourth-order valence-corrected chi connectivity index (χ4v) is 6.74. The molecule has 2 amide bonds. The molecule has 2 aliphatic heterocycles. The van der Waals surface area contributed by atoms with Crippen molar-refractivity contribution in [3.63, 3.8) is 0 Å². The van der Waals surface area contributed by atoms with E-state index in [1.165, 1.54) is 0 Å². The Kier molecular flexibility index (Phi) is 10.7. The van der Waals surface area contributed by atoms with Gasteiger partial charge in [0.15, 0.2) is 11.6 Å². The average molecular weight is 722 g/mol. The Morgan fingerprint density at radius 1 is 0.702 bits per heavy atom. The van der Waals surface area contributed by atoms with Crippen molar-refractivity contribution in [1.82, 2.24) is 29.4 Å². The molecule has 2 aromatic heterocycles. The van der Waals surface area contributed by atoms with Gasteiger partial charge in [-0.3, -0.25) is 19.4 Å². The molecule has 47 heavy (non-hydrogen) atoms. The zero-order valence-electron chi connectivity index (χ0n) is 25.3. The lowest BCUT2D eigenvalue weighted by Crippen LogP contribution is -2.64. The molecule has 2 aromatic carbocycles. The van der Waals surface area contributed by atoms with Crippen LogP contribution in [-0.4, -0.2) is 106 Å². The number of nitrogens with one attached hydrogen (secondary N) is 2. The monoisotopic (exact) mass is 720 g/mol. The zero-order chi connectivity index (χ0) is 33.1. The number of amides is 2. The molecular formula is C31H32Cl4N8O4. The number of aromatic nitrogens is 4. The van der Waals surface area contributed by atoms with Crippen LogP contribution in [0.15, 0.2) is 54.7 Å². The Balaban J connectivity index is 1.29. The second-order valence-corrected chi connectivity index (χ2v) is 12.8. The van der Waals surface area contributed by atoms with E-state index in [0.717, 1.165) is 5.69 Å². The van der Waals surface area contributed by atoms with Crippen molar-refractivity contribution < 1.29 is 19.1 Å². The van der Waals surface area contributed by atoms with Gasteiger partial charge in [-0.25, -0.2) is 9.36 Å². The van der Waals surface area contributed by atoms with Gasteiger partial charge in [0.1, 0.15) is 12.1 Å². The topological polar surface area (TPSA) is 119 Å². The zero-order valence-corrected chi connectivity index (χ0v) is 28.4. The Labute approximate surface area is 291 Å². The molecule has 0 aliphatic carbocycles. The number of carbonyl (C=O) groups excluding carboxylic acids is 2. The molecule has 12 nitrogen and oxygen atoms in total. The molecule has 4 heterocycles. The largest absolute Gasteiger partial charge is 0.379 e. The van der Waals surface area contributed by atoms with Gasteiger partial charge in [0.2, 0.25) is 11.8 Å². The molecule has 248 valence electrons. The van der Waals surface area contributed by atoms with Crippen molar-refractivity contribution in [3.8, 4) is 11.4 Å². The number of anilines is 2. The Bertz CT molecular complexity index is 1750. The summed E-state index contributed by atoms with van der Waals surface area (Å²) in [6, 6.07) is 11.8. The van der Waals surface area contributed by atoms with E-state index in [0.29, 0.717) is 95.7 Å². The van der Waals surface area contributed by atoms with E-state index < -0.39 is 12.1 Å². The maximum atomic E-state index is 14.3. The summed E-state index contributed by atoms with van der Waals surface area (Å²) < 4.78 is 14.4. The van der Waals surface area contributed by atoms with Crippen molar-refractivity contribution in [2.45, 2.75) is 19.0 Å². The molecule has 2 atom stereocenters. The van der Waals surface area contributed by atoms with Crippen LogP contribution in [0.5, 0.6) is 0 Å². The quantitative estimate of drug-likeness (QED) is 0.249. The Morgan fingerprint density at radius 3 is 1.74 bits per heavy atom. The van der Waals surface area contributed by atoms with Gasteiger partial charge < -0.3 is 20.1 Å². The summed E-state index contributed by atoms with van der Waals surface area (Å²) in [6.07, 6.45) is 1.69. The molecule has 2 aliphatic rings. The van der Waals surface area contributed by atoms with Gasteiger partial charge in [0, 0.05) is 60.2 Å². The predicted octanol–water partition coefficient (Wildman–Crippen LogP) is 4.96. The van der Waals surface area contributed by atoms with Gasteiger partial charge in [0.25, 0.3) is 0 Å². The third-order valence-electron chi connectivity index (χ3n) is 7.99. The van der Waals surface area contributed by atoms with Gasteiger partial charge in [-0.05, 0) is 43.3 Å². The van der Waals surface area contributed by atoms with Gasteiger partial charge in [-0.1, -0.05) is 46.4 Å². The number of halogens is 4. The van der Waals surface area contributed by atoms with Crippen molar-refractivity contribution in [1.29, 1.82) is 0 Å². The first-order valence-corrected chi connectivity index (χ1v) is 16.5. The normalized spacial score (nSPS) is 17.3. The minimum absolute atomic E-state index is 0.301. The van der Waals surface area contributed by atoms with E-state index in [4.69, 9.17) is 55.9 Å². The summed E-state index contributed by atoms with van der Waals surface area (Å²) in [6.45, 7) is 5.41. The molecule has 0 radical (unpaired) electrons. The second kappa shape index (κ2) is 14.9. The molecule has 2 unspecified atom stereocenters. The lowest BCUT2D eigenvalue weighted by molar-refractivity contribution is -0.137. The first kappa shape index (κ1) is 33.7. The van der Waals surface area contributed by atoms with Crippen LogP contribution >= 0.6 is 46.4 Å². The fraction of sp³-hybridized carbons (Fsp3) is 0.355. The number of ether oxygens (including phenoxy) is 2. The molecule has 2 fully saturated rings. The highest BCUT2D eigenvalue weighted by atomic mass is 35.5. The number of aryl methyl sites for hydroxylation is 1. The predicted molar refractivity (Wildman–Crippen MR) is 182 cm³/mol. The minimum atomic E-state index is -0.894. The standard InChI is InChI=1S/C31H32Cl4N8O4/c1-19-16-27(39-43(19)25-5-3-21(33)18-23(25)35)37-31(45)29(41-10-14-47-15-11-41)28(40-8-12-46-13-9-40)30(44)36-26-6-7-42(38-26)24-4-2-20(32)17-22(24)34/h2-7,16-18,28-29H,8-15H2,1H3,(H,36,38,44)(H,37,39,45). The molecule has 4 aromatic rings. The number of rotatable bonds is 9. The van der Waals surface area contributed by atoms with Crippen LogP contribution in [0.2, 0.25) is 20.1 Å². The number of hydrogen-bond acceptors (Lipinski definition) is 8. The highest BCUT2D eigenvalue weighted by molar-refractivity contribution is 6.36. The Hall–Kier alpha value is -3.20. The van der Waals surface area contributed by atoms with Crippen molar-refractivity contribution in [2.75, 3.05) is 63.2 Å². The highest BCUT2D eigenvalue weighted by Gasteiger charge is 2.43. The van der Waals surface area contributed by atoms with E-state index in [1.54, 1.807) is 64.1 Å². The first-order valence-electron chi connectivity index (χ1n) is 15.0. The third-order valence-corrected chi connectivity index (χ3v) is 9.06. The van der Waals surface area contributed by atoms with Crippen LogP contribution in [0.25, 0.3) is 11.4 Å². The summed E-state index contributed by atoms with van der Waals surface area (Å²) in [4.78, 5) is 32.5. The molecule has 0 spiro atoms. The SMILES string of the molecule is Cc1cc(NC(=O)C(C(C(=O)Nc2ccn(-c3ccc(Cl)cc3Cl)n2)N2CCOCC2)N2CCOCC2)nn1-c1ccc(Cl)cc1Cl. The second-order valence-electron chi connectivity index (χ2n) is 11.1. The van der Waals surface area contributed by atoms with E-state index in [2.05, 4.69) is 20.8 Å². The summed E-state index contributed by atoms with van der Waals surface area (Å²) in [7, 11) is 0. The molecule has 16 heteroatoms. The van der Waals surface area contributed by atoms with Gasteiger partial charge >= 0.3 is 0 Å². The van der Waals surface area contributed by atoms with E-state index in [-0.39, 0.29) is 11.8 Å².